The third kappa shape index (κ3) is 2.54. The molecule has 1 aromatic rings. The van der Waals surface area contributed by atoms with Crippen molar-refractivity contribution in [1.82, 2.24) is 0 Å². The van der Waals surface area contributed by atoms with Gasteiger partial charge in [-0.15, -0.1) is 0 Å². The molecule has 0 spiro atoms. The molecule has 0 unspecified atom stereocenters. The van der Waals surface area contributed by atoms with Crippen molar-refractivity contribution in [2.75, 3.05) is 0 Å². The Morgan fingerprint density at radius 1 is 0.867 bits per heavy atom. The average molecular weight is 229 g/mol. The fourth-order valence-corrected chi connectivity index (χ4v) is 1.10. The molecule has 15 heavy (non-hydrogen) atoms. The first-order valence-corrected chi connectivity index (χ1v) is 4.11. The molecule has 0 aliphatic heterocycles. The number of hydrogen-bond acceptors (Lipinski definition) is 3. The van der Waals surface area contributed by atoms with E-state index in [1.807, 2.05) is 0 Å². The van der Waals surface area contributed by atoms with Crippen LogP contribution in [-0.2, 0) is 0 Å². The Kier molecular flexibility index (Phi) is 3.06. The predicted octanol–water partition coefficient (Wildman–Crippen LogP) is 1.46. The summed E-state index contributed by atoms with van der Waals surface area (Å²) in [6.45, 7) is 0. The first-order valence-electron chi connectivity index (χ1n) is 3.73. The Morgan fingerprint density at radius 3 is 1.47 bits per heavy atom. The van der Waals surface area contributed by atoms with E-state index in [-0.39, 0.29) is 16.7 Å². The second-order valence-corrected chi connectivity index (χ2v) is 3.03. The number of carboxylic acid groups (broad SMARTS) is 2. The standard InChI is InChI=1S/C9H5ClO5/c10-7(11)4-1-5(8(12)13)3-6(2-4)9(14)15/h1-3H,(H,12,13)(H,14,15). The lowest BCUT2D eigenvalue weighted by Gasteiger charge is -2.00. The van der Waals surface area contributed by atoms with E-state index >= 15 is 0 Å². The van der Waals surface area contributed by atoms with Crippen LogP contribution in [0, 0.1) is 0 Å². The maximum atomic E-state index is 10.8. The molecule has 6 heteroatoms. The molecule has 78 valence electrons. The highest BCUT2D eigenvalue weighted by Crippen LogP contribution is 2.13. The van der Waals surface area contributed by atoms with Crippen LogP contribution in [0.25, 0.3) is 0 Å². The SMILES string of the molecule is O=C(O)c1cc(C(=O)O)cc(C(=O)Cl)c1. The lowest BCUT2D eigenvalue weighted by Crippen LogP contribution is -2.05. The quantitative estimate of drug-likeness (QED) is 0.764. The van der Waals surface area contributed by atoms with Gasteiger partial charge in [-0.05, 0) is 29.8 Å². The number of carbonyl (C=O) groups is 3. The summed E-state index contributed by atoms with van der Waals surface area (Å²) < 4.78 is 0. The second-order valence-electron chi connectivity index (χ2n) is 2.68. The van der Waals surface area contributed by atoms with Gasteiger partial charge >= 0.3 is 11.9 Å². The van der Waals surface area contributed by atoms with Gasteiger partial charge in [-0.25, -0.2) is 9.59 Å². The van der Waals surface area contributed by atoms with E-state index in [1.165, 1.54) is 0 Å². The van der Waals surface area contributed by atoms with Crippen LogP contribution in [0.15, 0.2) is 18.2 Å². The van der Waals surface area contributed by atoms with Crippen LogP contribution in [0.3, 0.4) is 0 Å². The number of carboxylic acids is 2. The molecule has 1 aromatic carbocycles. The van der Waals surface area contributed by atoms with E-state index in [2.05, 4.69) is 0 Å². The zero-order chi connectivity index (χ0) is 11.6. The number of halogens is 1. The van der Waals surface area contributed by atoms with Gasteiger partial charge < -0.3 is 10.2 Å². The molecule has 0 aromatic heterocycles. The van der Waals surface area contributed by atoms with E-state index in [9.17, 15) is 14.4 Å². The molecule has 0 heterocycles. The van der Waals surface area contributed by atoms with Crippen molar-refractivity contribution in [3.05, 3.63) is 34.9 Å². The Hall–Kier alpha value is -1.88. The summed E-state index contributed by atoms with van der Waals surface area (Å²) >= 11 is 5.13. The summed E-state index contributed by atoms with van der Waals surface area (Å²) in [5.41, 5.74) is -0.744. The first kappa shape index (κ1) is 11.2. The molecule has 0 radical (unpaired) electrons. The number of aromatic carboxylic acids is 2. The van der Waals surface area contributed by atoms with Gasteiger partial charge in [-0.3, -0.25) is 4.79 Å². The fourth-order valence-electron chi connectivity index (χ4n) is 0.988. The van der Waals surface area contributed by atoms with Gasteiger partial charge in [0.15, 0.2) is 0 Å². The third-order valence-electron chi connectivity index (χ3n) is 1.65. The second kappa shape index (κ2) is 4.10. The van der Waals surface area contributed by atoms with Crippen LogP contribution >= 0.6 is 11.6 Å². The maximum absolute atomic E-state index is 10.8. The van der Waals surface area contributed by atoms with Gasteiger partial charge in [-0.1, -0.05) is 0 Å². The molecule has 0 saturated heterocycles. The number of rotatable bonds is 3. The van der Waals surface area contributed by atoms with E-state index < -0.39 is 17.2 Å². The minimum absolute atomic E-state index is 0.158. The maximum Gasteiger partial charge on any atom is 0.335 e. The third-order valence-corrected chi connectivity index (χ3v) is 1.87. The Balaban J connectivity index is 3.39. The van der Waals surface area contributed by atoms with Crippen molar-refractivity contribution in [1.29, 1.82) is 0 Å². The van der Waals surface area contributed by atoms with E-state index in [0.717, 1.165) is 18.2 Å². The van der Waals surface area contributed by atoms with Crippen LogP contribution in [0.5, 0.6) is 0 Å². The molecule has 1 rings (SSSR count). The highest BCUT2D eigenvalue weighted by molar-refractivity contribution is 6.67. The molecule has 2 N–H and O–H groups in total. The highest BCUT2D eigenvalue weighted by Gasteiger charge is 2.13. The minimum atomic E-state index is -1.32. The van der Waals surface area contributed by atoms with Crippen LogP contribution in [0.1, 0.15) is 31.1 Å². The molecular formula is C9H5ClO5. The van der Waals surface area contributed by atoms with E-state index in [1.54, 1.807) is 0 Å². The summed E-state index contributed by atoms with van der Waals surface area (Å²) in [4.78, 5) is 32.0. The minimum Gasteiger partial charge on any atom is -0.478 e. The van der Waals surface area contributed by atoms with Gasteiger partial charge in [0.2, 0.25) is 0 Å². The first-order chi connectivity index (χ1) is 6.91. The van der Waals surface area contributed by atoms with Crippen LogP contribution in [0.2, 0.25) is 0 Å². The van der Waals surface area contributed by atoms with Crippen molar-refractivity contribution in [2.24, 2.45) is 0 Å². The molecular weight excluding hydrogens is 224 g/mol. The van der Waals surface area contributed by atoms with Gasteiger partial charge in [0.1, 0.15) is 0 Å². The lowest BCUT2D eigenvalue weighted by molar-refractivity contribution is 0.0696. The number of benzene rings is 1. The zero-order valence-corrected chi connectivity index (χ0v) is 7.99. The van der Waals surface area contributed by atoms with Crippen LogP contribution < -0.4 is 0 Å². The summed E-state index contributed by atoms with van der Waals surface area (Å²) in [5.74, 6) is -2.64. The van der Waals surface area contributed by atoms with Crippen molar-refractivity contribution in [3.63, 3.8) is 0 Å². The average Bonchev–Trinajstić information content (AvgIpc) is 2.16. The largest absolute Gasteiger partial charge is 0.478 e. The van der Waals surface area contributed by atoms with Crippen molar-refractivity contribution >= 4 is 28.8 Å². The molecule has 0 bridgehead atoms. The molecule has 0 amide bonds. The zero-order valence-electron chi connectivity index (χ0n) is 7.23. The molecule has 5 nitrogen and oxygen atoms in total. The van der Waals surface area contributed by atoms with Crippen molar-refractivity contribution in [3.8, 4) is 0 Å². The van der Waals surface area contributed by atoms with Crippen molar-refractivity contribution in [2.45, 2.75) is 0 Å². The molecule has 0 fully saturated rings. The highest BCUT2D eigenvalue weighted by atomic mass is 35.5. The summed E-state index contributed by atoms with van der Waals surface area (Å²) in [6, 6.07) is 2.99. The number of carbonyl (C=O) groups excluding carboxylic acids is 1. The predicted molar refractivity (Wildman–Crippen MR) is 50.5 cm³/mol. The Labute approximate surface area is 88.9 Å². The number of hydrogen-bond donors (Lipinski definition) is 2. The summed E-state index contributed by atoms with van der Waals surface area (Å²) in [7, 11) is 0. The normalized spacial score (nSPS) is 9.67. The smallest absolute Gasteiger partial charge is 0.335 e. The van der Waals surface area contributed by atoms with E-state index in [4.69, 9.17) is 21.8 Å². The molecule has 0 atom stereocenters. The van der Waals surface area contributed by atoms with Crippen molar-refractivity contribution < 1.29 is 24.6 Å². The van der Waals surface area contributed by atoms with Gasteiger partial charge in [-0.2, -0.15) is 0 Å². The Bertz CT molecular complexity index is 373. The molecule has 0 saturated carbocycles. The molecule has 0 aliphatic rings. The Morgan fingerprint density at radius 2 is 1.20 bits per heavy atom. The van der Waals surface area contributed by atoms with Crippen LogP contribution in [-0.4, -0.2) is 27.4 Å². The van der Waals surface area contributed by atoms with Gasteiger partial charge in [0.05, 0.1) is 11.1 Å². The monoisotopic (exact) mass is 228 g/mol. The van der Waals surface area contributed by atoms with Gasteiger partial charge in [0, 0.05) is 5.56 Å². The lowest BCUT2D eigenvalue weighted by atomic mass is 10.1. The summed E-state index contributed by atoms with van der Waals surface area (Å²) in [5, 5.41) is 16.4. The summed E-state index contributed by atoms with van der Waals surface area (Å²) in [6.07, 6.45) is 0. The molecule has 0 aliphatic carbocycles. The fraction of sp³-hybridized carbons (Fsp3) is 0. The van der Waals surface area contributed by atoms with E-state index in [0.29, 0.717) is 0 Å². The van der Waals surface area contributed by atoms with Gasteiger partial charge in [0.25, 0.3) is 5.24 Å². The topological polar surface area (TPSA) is 91.7 Å². The van der Waals surface area contributed by atoms with Crippen LogP contribution in [0.4, 0.5) is 0 Å².